The normalized spacial score (nSPS) is 12.1. The molecule has 0 spiro atoms. The fraction of sp³-hybridized carbons (Fsp3) is 0.364. The van der Waals surface area contributed by atoms with Gasteiger partial charge in [-0.15, -0.1) is 0 Å². The summed E-state index contributed by atoms with van der Waals surface area (Å²) in [6, 6.07) is 19.9. The summed E-state index contributed by atoms with van der Waals surface area (Å²) in [5.41, 5.74) is 2.33. The molecule has 0 radical (unpaired) electrons. The lowest BCUT2D eigenvalue weighted by atomic mass is 9.91. The van der Waals surface area contributed by atoms with Crippen LogP contribution in [0, 0.1) is 11.8 Å². The number of benzene rings is 2. The van der Waals surface area contributed by atoms with Crippen molar-refractivity contribution in [3.8, 4) is 5.75 Å². The number of rotatable bonds is 7. The minimum Gasteiger partial charge on any atom is -0.455 e. The van der Waals surface area contributed by atoms with Gasteiger partial charge in [0.2, 0.25) is 0 Å². The Morgan fingerprint density at radius 3 is 1.75 bits per heavy atom. The van der Waals surface area contributed by atoms with E-state index in [2.05, 4.69) is 27.7 Å². The quantitative estimate of drug-likeness (QED) is 0.435. The van der Waals surface area contributed by atoms with Crippen molar-refractivity contribution in [3.05, 3.63) is 77.6 Å². The molecule has 0 bridgehead atoms. The van der Waals surface area contributed by atoms with E-state index in [1.165, 1.54) is 5.57 Å². The van der Waals surface area contributed by atoms with Gasteiger partial charge in [-0.3, -0.25) is 0 Å². The predicted octanol–water partition coefficient (Wildman–Crippen LogP) is 6.37. The highest BCUT2D eigenvalue weighted by atomic mass is 16.7. The van der Waals surface area contributed by atoms with Gasteiger partial charge in [-0.2, -0.15) is 0 Å². The molecule has 0 saturated carbocycles. The van der Waals surface area contributed by atoms with Crippen molar-refractivity contribution >= 4 is 0 Å². The second kappa shape index (κ2) is 8.58. The number of para-hydroxylation sites is 1. The summed E-state index contributed by atoms with van der Waals surface area (Å²) in [4.78, 5) is 0. The standard InChI is InChI=1S/C22H28O2/c1-16(2)21(17(3)4)18(5)23-22(19-12-8-6-9-13-19)24-20-14-10-7-11-15-20/h6-17,22H,1-5H3. The van der Waals surface area contributed by atoms with Crippen LogP contribution in [0.2, 0.25) is 0 Å². The van der Waals surface area contributed by atoms with E-state index in [4.69, 9.17) is 9.47 Å². The summed E-state index contributed by atoms with van der Waals surface area (Å²) >= 11 is 0. The molecule has 0 aliphatic carbocycles. The Morgan fingerprint density at radius 2 is 1.25 bits per heavy atom. The number of hydrogen-bond donors (Lipinski definition) is 0. The van der Waals surface area contributed by atoms with E-state index in [9.17, 15) is 0 Å². The average Bonchev–Trinajstić information content (AvgIpc) is 2.55. The molecule has 2 aromatic rings. The molecular formula is C22H28O2. The Balaban J connectivity index is 2.31. The van der Waals surface area contributed by atoms with E-state index in [1.807, 2.05) is 67.6 Å². The van der Waals surface area contributed by atoms with Crippen molar-refractivity contribution in [1.82, 2.24) is 0 Å². The van der Waals surface area contributed by atoms with Crippen molar-refractivity contribution in [2.45, 2.75) is 40.9 Å². The Kier molecular flexibility index (Phi) is 6.48. The van der Waals surface area contributed by atoms with E-state index in [1.54, 1.807) is 0 Å². The molecule has 0 fully saturated rings. The van der Waals surface area contributed by atoms with Crippen molar-refractivity contribution in [3.63, 3.8) is 0 Å². The molecule has 0 aliphatic heterocycles. The van der Waals surface area contributed by atoms with Gasteiger partial charge in [0, 0.05) is 5.56 Å². The molecule has 0 heterocycles. The van der Waals surface area contributed by atoms with Crippen LogP contribution in [0.3, 0.4) is 0 Å². The van der Waals surface area contributed by atoms with Crippen LogP contribution in [0.5, 0.6) is 5.75 Å². The van der Waals surface area contributed by atoms with E-state index < -0.39 is 6.29 Å². The molecule has 0 aliphatic rings. The molecular weight excluding hydrogens is 296 g/mol. The summed E-state index contributed by atoms with van der Waals surface area (Å²) in [7, 11) is 0. The molecule has 1 unspecified atom stereocenters. The molecule has 2 aromatic carbocycles. The zero-order chi connectivity index (χ0) is 17.5. The maximum Gasteiger partial charge on any atom is 0.267 e. The third-order valence-corrected chi connectivity index (χ3v) is 3.99. The monoisotopic (exact) mass is 324 g/mol. The van der Waals surface area contributed by atoms with Crippen LogP contribution in [0.4, 0.5) is 0 Å². The van der Waals surface area contributed by atoms with Crippen molar-refractivity contribution in [2.75, 3.05) is 0 Å². The van der Waals surface area contributed by atoms with Gasteiger partial charge in [0.25, 0.3) is 6.29 Å². The Bertz CT molecular complexity index is 632. The molecule has 2 nitrogen and oxygen atoms in total. The minimum atomic E-state index is -0.457. The highest BCUT2D eigenvalue weighted by Gasteiger charge is 2.19. The molecule has 0 aromatic heterocycles. The highest BCUT2D eigenvalue weighted by Crippen LogP contribution is 2.30. The van der Waals surface area contributed by atoms with Gasteiger partial charge in [0.15, 0.2) is 0 Å². The molecule has 2 rings (SSSR count). The van der Waals surface area contributed by atoms with Crippen LogP contribution in [-0.2, 0) is 4.74 Å². The largest absolute Gasteiger partial charge is 0.455 e. The third kappa shape index (κ3) is 4.89. The highest BCUT2D eigenvalue weighted by molar-refractivity contribution is 5.24. The summed E-state index contributed by atoms with van der Waals surface area (Å²) in [6.45, 7) is 10.9. The number of ether oxygens (including phenoxy) is 2. The minimum absolute atomic E-state index is 0.443. The first-order valence-corrected chi connectivity index (χ1v) is 8.63. The molecule has 0 amide bonds. The van der Waals surface area contributed by atoms with Gasteiger partial charge >= 0.3 is 0 Å². The zero-order valence-corrected chi connectivity index (χ0v) is 15.3. The summed E-state index contributed by atoms with van der Waals surface area (Å²) < 4.78 is 12.4. The van der Waals surface area contributed by atoms with E-state index in [0.29, 0.717) is 11.8 Å². The maximum absolute atomic E-state index is 6.28. The van der Waals surface area contributed by atoms with Gasteiger partial charge < -0.3 is 9.47 Å². The second-order valence-corrected chi connectivity index (χ2v) is 6.61. The van der Waals surface area contributed by atoms with Gasteiger partial charge in [-0.25, -0.2) is 0 Å². The predicted molar refractivity (Wildman–Crippen MR) is 99.7 cm³/mol. The molecule has 128 valence electrons. The number of hydrogen-bond acceptors (Lipinski definition) is 2. The fourth-order valence-electron chi connectivity index (χ4n) is 3.10. The maximum atomic E-state index is 6.28. The van der Waals surface area contributed by atoms with Gasteiger partial charge in [0.1, 0.15) is 5.75 Å². The van der Waals surface area contributed by atoms with Crippen LogP contribution in [-0.4, -0.2) is 0 Å². The van der Waals surface area contributed by atoms with Crippen LogP contribution < -0.4 is 4.74 Å². The first-order chi connectivity index (χ1) is 11.5. The van der Waals surface area contributed by atoms with Crippen molar-refractivity contribution in [2.24, 2.45) is 11.8 Å². The summed E-state index contributed by atoms with van der Waals surface area (Å²) in [6.07, 6.45) is -0.457. The van der Waals surface area contributed by atoms with Crippen LogP contribution in [0.25, 0.3) is 0 Å². The number of allylic oxidation sites excluding steroid dienone is 2. The zero-order valence-electron chi connectivity index (χ0n) is 15.3. The molecule has 24 heavy (non-hydrogen) atoms. The first-order valence-electron chi connectivity index (χ1n) is 8.63. The van der Waals surface area contributed by atoms with Gasteiger partial charge in [0.05, 0.1) is 5.76 Å². The molecule has 2 heteroatoms. The van der Waals surface area contributed by atoms with E-state index in [-0.39, 0.29) is 0 Å². The lowest BCUT2D eigenvalue weighted by molar-refractivity contribution is -0.0486. The Hall–Kier alpha value is -2.22. The van der Waals surface area contributed by atoms with Crippen LogP contribution >= 0.6 is 0 Å². The van der Waals surface area contributed by atoms with Crippen molar-refractivity contribution < 1.29 is 9.47 Å². The SMILES string of the molecule is CC(OC(Oc1ccccc1)c1ccccc1)=C(C(C)C)C(C)C. The second-order valence-electron chi connectivity index (χ2n) is 6.61. The molecule has 1 atom stereocenters. The lowest BCUT2D eigenvalue weighted by Crippen LogP contribution is -2.14. The van der Waals surface area contributed by atoms with Crippen molar-refractivity contribution in [1.29, 1.82) is 0 Å². The average molecular weight is 324 g/mol. The Labute approximate surface area is 146 Å². The fourth-order valence-corrected chi connectivity index (χ4v) is 3.10. The van der Waals surface area contributed by atoms with E-state index in [0.717, 1.165) is 17.1 Å². The summed E-state index contributed by atoms with van der Waals surface area (Å²) in [5.74, 6) is 2.64. The smallest absolute Gasteiger partial charge is 0.267 e. The van der Waals surface area contributed by atoms with Crippen LogP contribution in [0.1, 0.15) is 46.5 Å². The molecule has 0 saturated heterocycles. The lowest BCUT2D eigenvalue weighted by Gasteiger charge is -2.25. The topological polar surface area (TPSA) is 18.5 Å². The summed E-state index contributed by atoms with van der Waals surface area (Å²) in [5, 5.41) is 0. The van der Waals surface area contributed by atoms with Gasteiger partial charge in [-0.1, -0.05) is 76.2 Å². The third-order valence-electron chi connectivity index (χ3n) is 3.99. The first kappa shape index (κ1) is 18.1. The van der Waals surface area contributed by atoms with E-state index >= 15 is 0 Å². The Morgan fingerprint density at radius 1 is 0.750 bits per heavy atom. The van der Waals surface area contributed by atoms with Gasteiger partial charge in [-0.05, 0) is 36.5 Å². The van der Waals surface area contributed by atoms with Crippen LogP contribution in [0.15, 0.2) is 72.0 Å². The molecule has 0 N–H and O–H groups in total.